The van der Waals surface area contributed by atoms with Crippen molar-refractivity contribution < 1.29 is 13.6 Å². The Morgan fingerprint density at radius 3 is 2.36 bits per heavy atom. The van der Waals surface area contributed by atoms with Gasteiger partial charge in [-0.15, -0.1) is 0 Å². The molecule has 2 fully saturated rings. The van der Waals surface area contributed by atoms with Crippen LogP contribution in [0.1, 0.15) is 33.1 Å². The van der Waals surface area contributed by atoms with Crippen LogP contribution in [0, 0.1) is 11.6 Å². The lowest BCUT2D eigenvalue weighted by atomic mass is 10.2. The quantitative estimate of drug-likeness (QED) is 0.875. The first-order chi connectivity index (χ1) is 11.9. The second-order valence-corrected chi connectivity index (χ2v) is 7.16. The first-order valence-electron chi connectivity index (χ1n) is 8.99. The number of carbonyl (C=O) groups is 1. The van der Waals surface area contributed by atoms with E-state index >= 15 is 0 Å². The minimum atomic E-state index is -0.635. The van der Waals surface area contributed by atoms with Crippen LogP contribution in [-0.2, 0) is 0 Å². The van der Waals surface area contributed by atoms with Crippen molar-refractivity contribution >= 4 is 17.4 Å². The molecule has 1 aromatic rings. The van der Waals surface area contributed by atoms with Gasteiger partial charge >= 0.3 is 6.03 Å². The van der Waals surface area contributed by atoms with Gasteiger partial charge in [0.15, 0.2) is 11.6 Å². The van der Waals surface area contributed by atoms with Crippen LogP contribution < -0.4 is 15.5 Å². The zero-order valence-corrected chi connectivity index (χ0v) is 14.8. The summed E-state index contributed by atoms with van der Waals surface area (Å²) in [6.07, 6.45) is 2.76. The van der Waals surface area contributed by atoms with Gasteiger partial charge in [0.1, 0.15) is 5.69 Å². The monoisotopic (exact) mass is 352 g/mol. The molecule has 2 aliphatic rings. The van der Waals surface area contributed by atoms with Crippen molar-refractivity contribution in [3.8, 4) is 0 Å². The zero-order valence-electron chi connectivity index (χ0n) is 14.8. The van der Waals surface area contributed by atoms with Crippen LogP contribution >= 0.6 is 0 Å². The van der Waals surface area contributed by atoms with E-state index in [4.69, 9.17) is 0 Å². The fourth-order valence-electron chi connectivity index (χ4n) is 3.61. The minimum Gasteiger partial charge on any atom is -0.367 e. The van der Waals surface area contributed by atoms with Crippen LogP contribution in [-0.4, -0.2) is 49.2 Å². The van der Waals surface area contributed by atoms with Crippen molar-refractivity contribution in [1.29, 1.82) is 0 Å². The molecule has 2 heterocycles. The highest BCUT2D eigenvalue weighted by Crippen LogP contribution is 2.29. The van der Waals surface area contributed by atoms with Gasteiger partial charge in [0.05, 0.1) is 0 Å². The van der Waals surface area contributed by atoms with E-state index in [1.54, 1.807) is 4.90 Å². The van der Waals surface area contributed by atoms with E-state index in [0.717, 1.165) is 32.4 Å². The molecular formula is C18H26F2N4O. The molecule has 25 heavy (non-hydrogen) atoms. The van der Waals surface area contributed by atoms with Crippen molar-refractivity contribution in [2.75, 3.05) is 36.4 Å². The van der Waals surface area contributed by atoms with Crippen molar-refractivity contribution in [3.63, 3.8) is 0 Å². The first-order valence-corrected chi connectivity index (χ1v) is 8.99. The lowest BCUT2D eigenvalue weighted by molar-refractivity contribution is 0.244. The fourth-order valence-corrected chi connectivity index (χ4v) is 3.61. The maximum Gasteiger partial charge on any atom is 0.319 e. The molecule has 7 heteroatoms. The molecule has 2 saturated heterocycles. The van der Waals surface area contributed by atoms with Crippen molar-refractivity contribution in [1.82, 2.24) is 10.2 Å². The summed E-state index contributed by atoms with van der Waals surface area (Å²) >= 11 is 0. The van der Waals surface area contributed by atoms with Gasteiger partial charge in [0, 0.05) is 44.0 Å². The van der Waals surface area contributed by atoms with E-state index in [9.17, 15) is 13.6 Å². The second kappa shape index (κ2) is 7.56. The highest BCUT2D eigenvalue weighted by Gasteiger charge is 2.26. The number of nitrogens with one attached hydrogen (secondary N) is 2. The van der Waals surface area contributed by atoms with E-state index in [0.29, 0.717) is 19.1 Å². The van der Waals surface area contributed by atoms with Crippen LogP contribution in [0.2, 0.25) is 0 Å². The molecule has 0 bridgehead atoms. The third kappa shape index (κ3) is 4.21. The third-order valence-electron chi connectivity index (χ3n) is 4.98. The lowest BCUT2D eigenvalue weighted by Crippen LogP contribution is -2.40. The van der Waals surface area contributed by atoms with Crippen LogP contribution in [0.4, 0.5) is 25.0 Å². The van der Waals surface area contributed by atoms with E-state index in [-0.39, 0.29) is 17.4 Å². The summed E-state index contributed by atoms with van der Waals surface area (Å²) in [4.78, 5) is 16.1. The van der Waals surface area contributed by atoms with E-state index in [1.807, 2.05) is 0 Å². The molecule has 1 unspecified atom stereocenters. The average Bonchev–Trinajstić information content (AvgIpc) is 3.18. The maximum absolute atomic E-state index is 14.3. The number of carbonyl (C=O) groups excluding carboxylic acids is 1. The van der Waals surface area contributed by atoms with Gasteiger partial charge in [-0.1, -0.05) is 0 Å². The minimum absolute atomic E-state index is 0.00632. The Labute approximate surface area is 147 Å². The molecule has 0 aliphatic carbocycles. The van der Waals surface area contributed by atoms with Crippen molar-refractivity contribution in [2.24, 2.45) is 0 Å². The van der Waals surface area contributed by atoms with Gasteiger partial charge in [-0.2, -0.15) is 0 Å². The number of urea groups is 1. The number of hydrogen-bond donors (Lipinski definition) is 2. The van der Waals surface area contributed by atoms with Crippen LogP contribution in [0.25, 0.3) is 0 Å². The highest BCUT2D eigenvalue weighted by atomic mass is 19.1. The Morgan fingerprint density at radius 2 is 1.80 bits per heavy atom. The number of hydrogen-bond acceptors (Lipinski definition) is 3. The summed E-state index contributed by atoms with van der Waals surface area (Å²) in [5.74, 6) is -1.27. The molecule has 2 aliphatic heterocycles. The van der Waals surface area contributed by atoms with E-state index in [2.05, 4.69) is 29.4 Å². The van der Waals surface area contributed by atoms with Crippen LogP contribution in [0.5, 0.6) is 0 Å². The van der Waals surface area contributed by atoms with Gasteiger partial charge in [0.25, 0.3) is 0 Å². The zero-order chi connectivity index (χ0) is 18.0. The van der Waals surface area contributed by atoms with Gasteiger partial charge < -0.3 is 15.5 Å². The molecule has 3 rings (SSSR count). The molecule has 0 spiro atoms. The molecular weight excluding hydrogens is 326 g/mol. The number of amides is 2. The number of halogens is 2. The summed E-state index contributed by atoms with van der Waals surface area (Å²) in [6.45, 7) is 7.30. The Morgan fingerprint density at radius 1 is 1.16 bits per heavy atom. The SMILES string of the molecule is CC(C)N1CCC(NC(=O)Nc2cc(F)c(N3CCCC3)c(F)c2)C1. The topological polar surface area (TPSA) is 47.6 Å². The molecule has 2 N–H and O–H groups in total. The highest BCUT2D eigenvalue weighted by molar-refractivity contribution is 5.89. The largest absolute Gasteiger partial charge is 0.367 e. The molecule has 2 amide bonds. The predicted molar refractivity (Wildman–Crippen MR) is 95.1 cm³/mol. The molecule has 0 radical (unpaired) electrons. The first kappa shape index (κ1) is 17.9. The normalized spacial score (nSPS) is 21.2. The third-order valence-corrected chi connectivity index (χ3v) is 4.98. The Bertz CT molecular complexity index is 608. The summed E-state index contributed by atoms with van der Waals surface area (Å²) in [6, 6.07) is 2.44. The summed E-state index contributed by atoms with van der Waals surface area (Å²) in [5.41, 5.74) is 0.140. The lowest BCUT2D eigenvalue weighted by Gasteiger charge is -2.21. The van der Waals surface area contributed by atoms with Crippen molar-refractivity contribution in [2.45, 2.75) is 45.2 Å². The summed E-state index contributed by atoms with van der Waals surface area (Å²) < 4.78 is 28.6. The average molecular weight is 352 g/mol. The van der Waals surface area contributed by atoms with Crippen LogP contribution in [0.15, 0.2) is 12.1 Å². The molecule has 138 valence electrons. The summed E-state index contributed by atoms with van der Waals surface area (Å²) in [5, 5.41) is 5.42. The number of anilines is 2. The molecule has 1 atom stereocenters. The van der Waals surface area contributed by atoms with Gasteiger partial charge in [-0.05, 0) is 45.2 Å². The van der Waals surface area contributed by atoms with Gasteiger partial charge in [-0.3, -0.25) is 4.90 Å². The number of likely N-dealkylation sites (tertiary alicyclic amines) is 1. The Kier molecular flexibility index (Phi) is 5.42. The van der Waals surface area contributed by atoms with Gasteiger partial charge in [-0.25, -0.2) is 13.6 Å². The summed E-state index contributed by atoms with van der Waals surface area (Å²) in [7, 11) is 0. The molecule has 1 aromatic carbocycles. The van der Waals surface area contributed by atoms with E-state index < -0.39 is 17.7 Å². The molecule has 0 saturated carbocycles. The van der Waals surface area contributed by atoms with Gasteiger partial charge in [0.2, 0.25) is 0 Å². The Hall–Kier alpha value is -1.89. The standard InChI is InChI=1S/C18H26F2N4O/c1-12(2)24-8-5-13(11-24)21-18(25)22-14-9-15(19)17(16(20)10-14)23-6-3-4-7-23/h9-10,12-13H,3-8,11H2,1-2H3,(H2,21,22,25). The van der Waals surface area contributed by atoms with E-state index in [1.165, 1.54) is 12.1 Å². The fraction of sp³-hybridized carbons (Fsp3) is 0.611. The predicted octanol–water partition coefficient (Wildman–Crippen LogP) is 3.17. The number of nitrogens with zero attached hydrogens (tertiary/aromatic N) is 2. The smallest absolute Gasteiger partial charge is 0.319 e. The molecule has 0 aromatic heterocycles. The molecule has 5 nitrogen and oxygen atoms in total. The number of rotatable bonds is 4. The Balaban J connectivity index is 1.60. The number of benzene rings is 1. The second-order valence-electron chi connectivity index (χ2n) is 7.16. The van der Waals surface area contributed by atoms with Crippen LogP contribution in [0.3, 0.4) is 0 Å². The maximum atomic E-state index is 14.3. The van der Waals surface area contributed by atoms with Crippen molar-refractivity contribution in [3.05, 3.63) is 23.8 Å².